The zero-order chi connectivity index (χ0) is 18.5. The van der Waals surface area contributed by atoms with Crippen molar-refractivity contribution in [1.29, 1.82) is 0 Å². The van der Waals surface area contributed by atoms with Gasteiger partial charge in [-0.25, -0.2) is 9.97 Å². The lowest BCUT2D eigenvalue weighted by Gasteiger charge is -2.28. The van der Waals surface area contributed by atoms with Gasteiger partial charge in [-0.15, -0.1) is 0 Å². The number of benzene rings is 1. The second kappa shape index (κ2) is 8.14. The highest BCUT2D eigenvalue weighted by Gasteiger charge is 2.14. The molecule has 1 aliphatic rings. The molecule has 0 saturated carbocycles. The van der Waals surface area contributed by atoms with Crippen molar-refractivity contribution in [2.24, 2.45) is 0 Å². The number of carbonyl (C=O) groups excluding carboxylic acids is 1. The standard InChI is InChI=1S/C19H25N5O2/c1-14-12-18(24-8-10-26-11-9-24)22-17(21-14)13-20-19(25)15-4-6-16(7-5-15)23(2)3/h4-7,12H,8-11,13H2,1-3H3,(H,20,25). The lowest BCUT2D eigenvalue weighted by Crippen LogP contribution is -2.37. The van der Waals surface area contributed by atoms with Crippen molar-refractivity contribution in [2.45, 2.75) is 13.5 Å². The van der Waals surface area contributed by atoms with Crippen molar-refractivity contribution in [3.05, 3.63) is 47.4 Å². The van der Waals surface area contributed by atoms with Crippen LogP contribution in [-0.2, 0) is 11.3 Å². The first kappa shape index (κ1) is 18.1. The maximum absolute atomic E-state index is 12.4. The average Bonchev–Trinajstić information content (AvgIpc) is 2.66. The molecule has 1 aromatic carbocycles. The Morgan fingerprint density at radius 1 is 1.19 bits per heavy atom. The van der Waals surface area contributed by atoms with E-state index >= 15 is 0 Å². The van der Waals surface area contributed by atoms with Crippen molar-refractivity contribution < 1.29 is 9.53 Å². The molecule has 0 bridgehead atoms. The molecule has 7 heteroatoms. The first-order valence-corrected chi connectivity index (χ1v) is 8.76. The van der Waals surface area contributed by atoms with Gasteiger partial charge in [0.05, 0.1) is 19.8 Å². The maximum atomic E-state index is 12.4. The summed E-state index contributed by atoms with van der Waals surface area (Å²) in [5.41, 5.74) is 2.57. The van der Waals surface area contributed by atoms with Gasteiger partial charge >= 0.3 is 0 Å². The molecule has 1 aromatic heterocycles. The van der Waals surface area contributed by atoms with E-state index in [2.05, 4.69) is 20.2 Å². The molecule has 0 radical (unpaired) electrons. The minimum Gasteiger partial charge on any atom is -0.378 e. The Labute approximate surface area is 154 Å². The first-order chi connectivity index (χ1) is 12.5. The van der Waals surface area contributed by atoms with Crippen LogP contribution in [-0.4, -0.2) is 56.3 Å². The largest absolute Gasteiger partial charge is 0.378 e. The number of carbonyl (C=O) groups is 1. The smallest absolute Gasteiger partial charge is 0.251 e. The van der Waals surface area contributed by atoms with Gasteiger partial charge in [0.1, 0.15) is 11.6 Å². The highest BCUT2D eigenvalue weighted by Crippen LogP contribution is 2.15. The van der Waals surface area contributed by atoms with Crippen LogP contribution in [0, 0.1) is 6.92 Å². The first-order valence-electron chi connectivity index (χ1n) is 8.76. The topological polar surface area (TPSA) is 70.6 Å². The second-order valence-electron chi connectivity index (χ2n) is 6.51. The number of hydrogen-bond donors (Lipinski definition) is 1. The van der Waals surface area contributed by atoms with Gasteiger partial charge in [-0.1, -0.05) is 0 Å². The van der Waals surface area contributed by atoms with Gasteiger partial charge in [-0.05, 0) is 31.2 Å². The summed E-state index contributed by atoms with van der Waals surface area (Å²) in [4.78, 5) is 25.6. The normalized spacial score (nSPS) is 14.2. The zero-order valence-corrected chi connectivity index (χ0v) is 15.5. The third-order valence-electron chi connectivity index (χ3n) is 4.28. The van der Waals surface area contributed by atoms with Crippen molar-refractivity contribution in [3.8, 4) is 0 Å². The number of morpholine rings is 1. The van der Waals surface area contributed by atoms with E-state index < -0.39 is 0 Å². The van der Waals surface area contributed by atoms with Crippen LogP contribution in [0.3, 0.4) is 0 Å². The molecule has 2 aromatic rings. The molecule has 7 nitrogen and oxygen atoms in total. The number of aromatic nitrogens is 2. The Bertz CT molecular complexity index is 755. The molecule has 1 aliphatic heterocycles. The van der Waals surface area contributed by atoms with E-state index in [1.54, 1.807) is 0 Å². The highest BCUT2D eigenvalue weighted by atomic mass is 16.5. The van der Waals surface area contributed by atoms with Gasteiger partial charge in [-0.3, -0.25) is 4.79 Å². The molecule has 1 fully saturated rings. The third kappa shape index (κ3) is 4.49. The summed E-state index contributed by atoms with van der Waals surface area (Å²) < 4.78 is 5.39. The number of rotatable bonds is 5. The number of hydrogen-bond acceptors (Lipinski definition) is 6. The fourth-order valence-electron chi connectivity index (χ4n) is 2.82. The quantitative estimate of drug-likeness (QED) is 0.879. The Balaban J connectivity index is 1.65. The molecule has 26 heavy (non-hydrogen) atoms. The van der Waals surface area contributed by atoms with Crippen LogP contribution in [0.4, 0.5) is 11.5 Å². The number of amides is 1. The minimum absolute atomic E-state index is 0.131. The molecular formula is C19H25N5O2. The molecule has 1 saturated heterocycles. The van der Waals surface area contributed by atoms with Crippen LogP contribution < -0.4 is 15.1 Å². The Morgan fingerprint density at radius 2 is 1.88 bits per heavy atom. The SMILES string of the molecule is Cc1cc(N2CCOCC2)nc(CNC(=O)c2ccc(N(C)C)cc2)n1. The summed E-state index contributed by atoms with van der Waals surface area (Å²) in [7, 11) is 3.94. The van der Waals surface area contributed by atoms with Gasteiger partial charge in [0.2, 0.25) is 0 Å². The van der Waals surface area contributed by atoms with Gasteiger partial charge in [0, 0.05) is 50.2 Å². The van der Waals surface area contributed by atoms with Crippen molar-refractivity contribution >= 4 is 17.4 Å². The molecule has 1 N–H and O–H groups in total. The fourth-order valence-corrected chi connectivity index (χ4v) is 2.82. The number of nitrogens with one attached hydrogen (secondary N) is 1. The molecule has 1 amide bonds. The van der Waals surface area contributed by atoms with Crippen LogP contribution >= 0.6 is 0 Å². The van der Waals surface area contributed by atoms with E-state index in [-0.39, 0.29) is 5.91 Å². The fraction of sp³-hybridized carbons (Fsp3) is 0.421. The van der Waals surface area contributed by atoms with E-state index in [0.717, 1.165) is 30.3 Å². The molecule has 0 atom stereocenters. The summed E-state index contributed by atoms with van der Waals surface area (Å²) in [6, 6.07) is 9.46. The van der Waals surface area contributed by atoms with Crippen LogP contribution in [0.5, 0.6) is 0 Å². The van der Waals surface area contributed by atoms with Crippen LogP contribution in [0.25, 0.3) is 0 Å². The molecule has 0 aliphatic carbocycles. The van der Waals surface area contributed by atoms with E-state index in [1.165, 1.54) is 0 Å². The van der Waals surface area contributed by atoms with E-state index in [1.807, 2.05) is 56.3 Å². The number of nitrogens with zero attached hydrogens (tertiary/aromatic N) is 4. The Morgan fingerprint density at radius 3 is 2.54 bits per heavy atom. The zero-order valence-electron chi connectivity index (χ0n) is 15.5. The van der Waals surface area contributed by atoms with Gasteiger partial charge in [0.25, 0.3) is 5.91 Å². The molecule has 138 valence electrons. The lowest BCUT2D eigenvalue weighted by atomic mass is 10.2. The van der Waals surface area contributed by atoms with E-state index in [4.69, 9.17) is 4.74 Å². The van der Waals surface area contributed by atoms with Crippen molar-refractivity contribution in [3.63, 3.8) is 0 Å². The molecule has 3 rings (SSSR count). The third-order valence-corrected chi connectivity index (χ3v) is 4.28. The van der Waals surface area contributed by atoms with Gasteiger partial charge < -0.3 is 19.9 Å². The van der Waals surface area contributed by atoms with Crippen molar-refractivity contribution in [2.75, 3.05) is 50.2 Å². The molecule has 0 unspecified atom stereocenters. The summed E-state index contributed by atoms with van der Waals surface area (Å²) in [6.45, 7) is 5.29. The monoisotopic (exact) mass is 355 g/mol. The molecule has 2 heterocycles. The van der Waals surface area contributed by atoms with Gasteiger partial charge in [-0.2, -0.15) is 0 Å². The van der Waals surface area contributed by atoms with Crippen LogP contribution in [0.1, 0.15) is 21.9 Å². The Hall–Kier alpha value is -2.67. The predicted octanol–water partition coefficient (Wildman–Crippen LogP) is 1.62. The number of aryl methyl sites for hydroxylation is 1. The summed E-state index contributed by atoms with van der Waals surface area (Å²) in [5, 5.41) is 2.90. The molecule has 0 spiro atoms. The highest BCUT2D eigenvalue weighted by molar-refractivity contribution is 5.94. The van der Waals surface area contributed by atoms with Crippen LogP contribution in [0.15, 0.2) is 30.3 Å². The second-order valence-corrected chi connectivity index (χ2v) is 6.51. The predicted molar refractivity (Wildman–Crippen MR) is 102 cm³/mol. The lowest BCUT2D eigenvalue weighted by molar-refractivity contribution is 0.0950. The van der Waals surface area contributed by atoms with Gasteiger partial charge in [0.15, 0.2) is 0 Å². The average molecular weight is 355 g/mol. The molecular weight excluding hydrogens is 330 g/mol. The summed E-state index contributed by atoms with van der Waals surface area (Å²) in [5.74, 6) is 1.37. The number of ether oxygens (including phenoxy) is 1. The van der Waals surface area contributed by atoms with E-state index in [0.29, 0.717) is 31.1 Å². The van der Waals surface area contributed by atoms with Crippen molar-refractivity contribution in [1.82, 2.24) is 15.3 Å². The summed E-state index contributed by atoms with van der Waals surface area (Å²) >= 11 is 0. The van der Waals surface area contributed by atoms with E-state index in [9.17, 15) is 4.79 Å². The van der Waals surface area contributed by atoms with Crippen LogP contribution in [0.2, 0.25) is 0 Å². The maximum Gasteiger partial charge on any atom is 0.251 e. The number of anilines is 2. The summed E-state index contributed by atoms with van der Waals surface area (Å²) in [6.07, 6.45) is 0. The minimum atomic E-state index is -0.131. The Kier molecular flexibility index (Phi) is 5.68.